The molecule has 3 aromatic heterocycles. The zero-order valence-electron chi connectivity index (χ0n) is 20.6. The smallest absolute Gasteiger partial charge is 0.259 e. The molecule has 0 aliphatic carbocycles. The SMILES string of the molecule is COc1cc(NC(=O)c2cc(-c3cc(C)oc3C)nc3onc(C)c23)c(C(=O)N(C)C)cc1OC. The fourth-order valence-corrected chi connectivity index (χ4v) is 3.89. The highest BCUT2D eigenvalue weighted by Crippen LogP contribution is 2.35. The lowest BCUT2D eigenvalue weighted by Crippen LogP contribution is -2.24. The lowest BCUT2D eigenvalue weighted by molar-refractivity contribution is 0.0828. The Morgan fingerprint density at radius 3 is 2.26 bits per heavy atom. The normalized spacial score (nSPS) is 10.9. The molecular weight excluding hydrogens is 452 g/mol. The summed E-state index contributed by atoms with van der Waals surface area (Å²) in [5.74, 6) is 1.33. The fourth-order valence-electron chi connectivity index (χ4n) is 3.89. The molecule has 10 heteroatoms. The Morgan fingerprint density at radius 2 is 1.66 bits per heavy atom. The molecule has 3 heterocycles. The number of nitrogens with zero attached hydrogens (tertiary/aromatic N) is 3. The molecule has 10 nitrogen and oxygen atoms in total. The van der Waals surface area contributed by atoms with Gasteiger partial charge in [-0.05, 0) is 39.0 Å². The number of hydrogen-bond acceptors (Lipinski definition) is 8. The summed E-state index contributed by atoms with van der Waals surface area (Å²) in [5, 5.41) is 7.32. The molecule has 0 fully saturated rings. The van der Waals surface area contributed by atoms with Crippen LogP contribution < -0.4 is 14.8 Å². The molecular formula is C25H26N4O6. The van der Waals surface area contributed by atoms with Crippen molar-refractivity contribution in [1.82, 2.24) is 15.0 Å². The number of benzene rings is 1. The van der Waals surface area contributed by atoms with Crippen molar-refractivity contribution in [1.29, 1.82) is 0 Å². The van der Waals surface area contributed by atoms with Gasteiger partial charge in [0.1, 0.15) is 11.5 Å². The minimum Gasteiger partial charge on any atom is -0.493 e. The van der Waals surface area contributed by atoms with Crippen molar-refractivity contribution in [2.45, 2.75) is 20.8 Å². The lowest BCUT2D eigenvalue weighted by Gasteiger charge is -2.18. The first-order chi connectivity index (χ1) is 16.6. The van der Waals surface area contributed by atoms with Gasteiger partial charge >= 0.3 is 0 Å². The van der Waals surface area contributed by atoms with Gasteiger partial charge in [-0.25, -0.2) is 4.98 Å². The van der Waals surface area contributed by atoms with E-state index in [9.17, 15) is 9.59 Å². The van der Waals surface area contributed by atoms with E-state index in [4.69, 9.17) is 18.4 Å². The Hall–Kier alpha value is -4.34. The zero-order valence-corrected chi connectivity index (χ0v) is 20.6. The highest BCUT2D eigenvalue weighted by molar-refractivity contribution is 6.15. The van der Waals surface area contributed by atoms with Crippen LogP contribution in [0.2, 0.25) is 0 Å². The number of aromatic nitrogens is 2. The quantitative estimate of drug-likeness (QED) is 0.434. The van der Waals surface area contributed by atoms with E-state index in [1.165, 1.54) is 25.2 Å². The number of hydrogen-bond donors (Lipinski definition) is 1. The number of carbonyl (C=O) groups excluding carboxylic acids is 2. The molecule has 4 aromatic rings. The van der Waals surface area contributed by atoms with Crippen molar-refractivity contribution in [2.24, 2.45) is 0 Å². The number of furan rings is 1. The second-order valence-electron chi connectivity index (χ2n) is 8.24. The third-order valence-corrected chi connectivity index (χ3v) is 5.59. The highest BCUT2D eigenvalue weighted by atomic mass is 16.5. The molecule has 1 aromatic carbocycles. The standard InChI is InChI=1S/C25H26N4O6/c1-12-8-15(14(3)34-12)18-9-17(22-13(2)28-35-24(22)27-18)23(30)26-19-11-21(33-7)20(32-6)10-16(19)25(31)29(4)5/h8-11H,1-7H3,(H,26,30). The predicted molar refractivity (Wildman–Crippen MR) is 129 cm³/mol. The Labute approximate surface area is 201 Å². The van der Waals surface area contributed by atoms with E-state index in [-0.39, 0.29) is 22.9 Å². The van der Waals surface area contributed by atoms with Crippen LogP contribution in [0.5, 0.6) is 11.5 Å². The molecule has 35 heavy (non-hydrogen) atoms. The second kappa shape index (κ2) is 9.13. The van der Waals surface area contributed by atoms with Crippen LogP contribution in [0.15, 0.2) is 33.2 Å². The molecule has 0 radical (unpaired) electrons. The van der Waals surface area contributed by atoms with E-state index >= 15 is 0 Å². The molecule has 0 saturated heterocycles. The Bertz CT molecular complexity index is 1450. The molecule has 0 unspecified atom stereocenters. The third-order valence-electron chi connectivity index (χ3n) is 5.59. The topological polar surface area (TPSA) is 120 Å². The highest BCUT2D eigenvalue weighted by Gasteiger charge is 2.24. The Kier molecular flexibility index (Phi) is 6.21. The first kappa shape index (κ1) is 23.8. The van der Waals surface area contributed by atoms with Gasteiger partial charge in [-0.15, -0.1) is 0 Å². The monoisotopic (exact) mass is 478 g/mol. The predicted octanol–water partition coefficient (Wildman–Crippen LogP) is 4.38. The summed E-state index contributed by atoms with van der Waals surface area (Å²) in [5.41, 5.74) is 2.78. The van der Waals surface area contributed by atoms with Crippen molar-refractivity contribution < 1.29 is 28.0 Å². The summed E-state index contributed by atoms with van der Waals surface area (Å²) in [6, 6.07) is 6.59. The Morgan fingerprint density at radius 1 is 0.971 bits per heavy atom. The lowest BCUT2D eigenvalue weighted by atomic mass is 10.0. The van der Waals surface area contributed by atoms with E-state index < -0.39 is 5.91 Å². The van der Waals surface area contributed by atoms with Crippen molar-refractivity contribution in [3.05, 3.63) is 52.6 Å². The van der Waals surface area contributed by atoms with E-state index in [0.717, 1.165) is 11.3 Å². The van der Waals surface area contributed by atoms with E-state index in [1.807, 2.05) is 19.9 Å². The molecule has 182 valence electrons. The molecule has 0 aliphatic rings. The summed E-state index contributed by atoms with van der Waals surface area (Å²) in [6.45, 7) is 5.39. The minimum absolute atomic E-state index is 0.223. The molecule has 1 N–H and O–H groups in total. The van der Waals surface area contributed by atoms with E-state index in [1.54, 1.807) is 33.2 Å². The number of rotatable bonds is 6. The minimum atomic E-state index is -0.470. The van der Waals surface area contributed by atoms with Gasteiger partial charge < -0.3 is 28.6 Å². The number of anilines is 1. The van der Waals surface area contributed by atoms with E-state index in [0.29, 0.717) is 39.6 Å². The number of pyridine rings is 1. The molecule has 0 saturated carbocycles. The van der Waals surface area contributed by atoms with Crippen LogP contribution in [0.4, 0.5) is 5.69 Å². The van der Waals surface area contributed by atoms with Gasteiger partial charge in [0.15, 0.2) is 11.5 Å². The van der Waals surface area contributed by atoms with Crippen LogP contribution in [-0.4, -0.2) is 55.2 Å². The average Bonchev–Trinajstić information content (AvgIpc) is 3.38. The Balaban J connectivity index is 1.85. The van der Waals surface area contributed by atoms with Crippen LogP contribution >= 0.6 is 0 Å². The summed E-state index contributed by atoms with van der Waals surface area (Å²) in [7, 11) is 6.20. The molecule has 0 spiro atoms. The molecule has 2 amide bonds. The maximum atomic E-state index is 13.6. The molecule has 0 aliphatic heterocycles. The van der Waals surface area contributed by atoms with Crippen molar-refractivity contribution in [3.63, 3.8) is 0 Å². The molecule has 4 rings (SSSR count). The average molecular weight is 479 g/mol. The number of ether oxygens (including phenoxy) is 2. The third kappa shape index (κ3) is 4.30. The summed E-state index contributed by atoms with van der Waals surface area (Å²) in [4.78, 5) is 32.5. The van der Waals surface area contributed by atoms with Gasteiger partial charge in [-0.3, -0.25) is 9.59 Å². The van der Waals surface area contributed by atoms with Crippen LogP contribution in [0.3, 0.4) is 0 Å². The van der Waals surface area contributed by atoms with Crippen molar-refractivity contribution >= 4 is 28.6 Å². The van der Waals surface area contributed by atoms with Gasteiger partial charge in [0.05, 0.1) is 47.8 Å². The van der Waals surface area contributed by atoms with Crippen molar-refractivity contribution in [2.75, 3.05) is 33.6 Å². The molecule has 0 atom stereocenters. The van der Waals surface area contributed by atoms with Gasteiger partial charge in [0.25, 0.3) is 17.5 Å². The summed E-state index contributed by atoms with van der Waals surface area (Å²) < 4.78 is 21.8. The number of carbonyl (C=O) groups is 2. The molecule has 0 bridgehead atoms. The maximum absolute atomic E-state index is 13.6. The summed E-state index contributed by atoms with van der Waals surface area (Å²) in [6.07, 6.45) is 0. The second-order valence-corrected chi connectivity index (χ2v) is 8.24. The number of amides is 2. The van der Waals surface area contributed by atoms with Gasteiger partial charge in [-0.2, -0.15) is 0 Å². The number of aryl methyl sites for hydroxylation is 3. The first-order valence-corrected chi connectivity index (χ1v) is 10.8. The fraction of sp³-hybridized carbons (Fsp3) is 0.280. The number of fused-ring (bicyclic) bond motifs is 1. The zero-order chi connectivity index (χ0) is 25.4. The van der Waals surface area contributed by atoms with Gasteiger partial charge in [0, 0.05) is 25.7 Å². The number of nitrogens with one attached hydrogen (secondary N) is 1. The van der Waals surface area contributed by atoms with Crippen LogP contribution in [0.1, 0.15) is 37.9 Å². The number of methoxy groups -OCH3 is 2. The van der Waals surface area contributed by atoms with Crippen LogP contribution in [0, 0.1) is 20.8 Å². The van der Waals surface area contributed by atoms with Crippen molar-refractivity contribution in [3.8, 4) is 22.8 Å². The van der Waals surface area contributed by atoms with Crippen LogP contribution in [0.25, 0.3) is 22.4 Å². The van der Waals surface area contributed by atoms with E-state index in [2.05, 4.69) is 15.5 Å². The maximum Gasteiger partial charge on any atom is 0.259 e. The van der Waals surface area contributed by atoms with Gasteiger partial charge in [-0.1, -0.05) is 5.16 Å². The van der Waals surface area contributed by atoms with Gasteiger partial charge in [0.2, 0.25) is 0 Å². The largest absolute Gasteiger partial charge is 0.493 e. The summed E-state index contributed by atoms with van der Waals surface area (Å²) >= 11 is 0. The first-order valence-electron chi connectivity index (χ1n) is 10.8. The van der Waals surface area contributed by atoms with Crippen LogP contribution in [-0.2, 0) is 0 Å².